The Hall–Kier alpha value is -3.25. The Morgan fingerprint density at radius 1 is 1.06 bits per heavy atom. The van der Waals surface area contributed by atoms with Crippen molar-refractivity contribution in [2.45, 2.75) is 37.1 Å². The quantitative estimate of drug-likeness (QED) is 0.441. The van der Waals surface area contributed by atoms with Crippen molar-refractivity contribution in [3.05, 3.63) is 95.6 Å². The zero-order valence-electron chi connectivity index (χ0n) is 18.8. The van der Waals surface area contributed by atoms with E-state index >= 15 is 0 Å². The lowest BCUT2D eigenvalue weighted by molar-refractivity contribution is 0.342. The molecular weight excluding hydrogens is 432 g/mol. The number of sulfonamides is 1. The first-order valence-corrected chi connectivity index (χ1v) is 12.8. The second kappa shape index (κ2) is 8.60. The standard InChI is InChI=1S/C27H28N2O3S/c1-3-32-26-10-5-4-9-25(26)29-33(30,31)20-15-16-24-23(17-20)21-7-6-8-22(21)27(28-24)19-13-11-18(2)12-14-19/h4-7,9-17,21-22,27-29H,3,8H2,1-2H3/t21-,22+,27+/m0/s1. The molecule has 0 bridgehead atoms. The van der Waals surface area contributed by atoms with E-state index in [4.69, 9.17) is 4.74 Å². The van der Waals surface area contributed by atoms with Crippen LogP contribution in [-0.4, -0.2) is 15.0 Å². The van der Waals surface area contributed by atoms with Crippen molar-refractivity contribution >= 4 is 21.4 Å². The third kappa shape index (κ3) is 4.11. The smallest absolute Gasteiger partial charge is 0.262 e. The van der Waals surface area contributed by atoms with Gasteiger partial charge in [0.1, 0.15) is 5.75 Å². The van der Waals surface area contributed by atoms with Crippen LogP contribution in [0, 0.1) is 12.8 Å². The van der Waals surface area contributed by atoms with Crippen molar-refractivity contribution < 1.29 is 13.2 Å². The molecule has 3 aromatic carbocycles. The Bertz CT molecular complexity index is 1300. The SMILES string of the molecule is CCOc1ccccc1NS(=O)(=O)c1ccc2c(c1)[C@H]1C=CC[C@H]1[C@@H](c1ccc(C)cc1)N2. The minimum atomic E-state index is -3.77. The van der Waals surface area contributed by atoms with Gasteiger partial charge in [0, 0.05) is 11.6 Å². The monoisotopic (exact) mass is 460 g/mol. The molecule has 0 unspecified atom stereocenters. The maximum Gasteiger partial charge on any atom is 0.262 e. The van der Waals surface area contributed by atoms with Crippen molar-refractivity contribution in [1.82, 2.24) is 0 Å². The van der Waals surface area contributed by atoms with E-state index in [0.29, 0.717) is 24.0 Å². The van der Waals surface area contributed by atoms with Crippen LogP contribution in [0.1, 0.15) is 42.0 Å². The maximum absolute atomic E-state index is 13.2. The Balaban J connectivity index is 1.47. The molecule has 3 aromatic rings. The fourth-order valence-corrected chi connectivity index (χ4v) is 5.98. The molecule has 5 nitrogen and oxygen atoms in total. The zero-order valence-corrected chi connectivity index (χ0v) is 19.6. The molecule has 2 N–H and O–H groups in total. The second-order valence-corrected chi connectivity index (χ2v) is 10.4. The molecule has 1 aliphatic carbocycles. The van der Waals surface area contributed by atoms with E-state index < -0.39 is 10.0 Å². The van der Waals surface area contributed by atoms with Crippen molar-refractivity contribution in [3.63, 3.8) is 0 Å². The fraction of sp³-hybridized carbons (Fsp3) is 0.259. The maximum atomic E-state index is 13.2. The van der Waals surface area contributed by atoms with Gasteiger partial charge in [-0.1, -0.05) is 54.1 Å². The number of nitrogens with one attached hydrogen (secondary N) is 2. The van der Waals surface area contributed by atoms with Crippen LogP contribution < -0.4 is 14.8 Å². The summed E-state index contributed by atoms with van der Waals surface area (Å²) >= 11 is 0. The highest BCUT2D eigenvalue weighted by Crippen LogP contribution is 2.50. The molecule has 1 aliphatic heterocycles. The van der Waals surface area contributed by atoms with Crippen LogP contribution in [-0.2, 0) is 10.0 Å². The molecule has 2 aliphatic rings. The van der Waals surface area contributed by atoms with E-state index in [-0.39, 0.29) is 16.9 Å². The Kier molecular flexibility index (Phi) is 5.62. The summed E-state index contributed by atoms with van der Waals surface area (Å²) in [5, 5.41) is 3.68. The number of aryl methyl sites for hydroxylation is 1. The van der Waals surface area contributed by atoms with Gasteiger partial charge in [-0.15, -0.1) is 0 Å². The summed E-state index contributed by atoms with van der Waals surface area (Å²) in [6.07, 6.45) is 5.40. The summed E-state index contributed by atoms with van der Waals surface area (Å²) in [7, 11) is -3.77. The van der Waals surface area contributed by atoms with E-state index in [9.17, 15) is 8.42 Å². The van der Waals surface area contributed by atoms with E-state index in [1.807, 2.05) is 25.1 Å². The van der Waals surface area contributed by atoms with Gasteiger partial charge in [0.15, 0.2) is 0 Å². The first-order chi connectivity index (χ1) is 16.0. The number of para-hydroxylation sites is 2. The van der Waals surface area contributed by atoms with Crippen LogP contribution in [0.25, 0.3) is 0 Å². The molecule has 0 amide bonds. The third-order valence-electron chi connectivity index (χ3n) is 6.51. The van der Waals surface area contributed by atoms with Crippen molar-refractivity contribution in [2.75, 3.05) is 16.6 Å². The van der Waals surface area contributed by atoms with Crippen molar-refractivity contribution in [2.24, 2.45) is 5.92 Å². The molecule has 170 valence electrons. The minimum Gasteiger partial charge on any atom is -0.492 e. The fourth-order valence-electron chi connectivity index (χ4n) is 4.88. The number of allylic oxidation sites excluding steroid dienone is 2. The average Bonchev–Trinajstić information content (AvgIpc) is 3.30. The number of fused-ring (bicyclic) bond motifs is 3. The largest absolute Gasteiger partial charge is 0.492 e. The molecule has 0 aromatic heterocycles. The van der Waals surface area contributed by atoms with E-state index in [2.05, 4.69) is 53.4 Å². The van der Waals surface area contributed by atoms with Crippen LogP contribution in [0.4, 0.5) is 11.4 Å². The molecule has 0 radical (unpaired) electrons. The van der Waals surface area contributed by atoms with Gasteiger partial charge in [-0.2, -0.15) is 0 Å². The van der Waals surface area contributed by atoms with Gasteiger partial charge >= 0.3 is 0 Å². The van der Waals surface area contributed by atoms with Gasteiger partial charge in [0.2, 0.25) is 0 Å². The van der Waals surface area contributed by atoms with E-state index in [1.165, 1.54) is 11.1 Å². The van der Waals surface area contributed by atoms with Crippen LogP contribution >= 0.6 is 0 Å². The molecule has 0 saturated carbocycles. The van der Waals surface area contributed by atoms with E-state index in [0.717, 1.165) is 17.7 Å². The first-order valence-electron chi connectivity index (χ1n) is 11.3. The Morgan fingerprint density at radius 2 is 1.85 bits per heavy atom. The molecule has 5 rings (SSSR count). The molecule has 6 heteroatoms. The molecule has 33 heavy (non-hydrogen) atoms. The predicted octanol–water partition coefficient (Wildman–Crippen LogP) is 6.02. The first kappa shape index (κ1) is 21.6. The van der Waals surface area contributed by atoms with Crippen LogP contribution in [0.2, 0.25) is 0 Å². The normalized spacial score (nSPS) is 21.1. The summed E-state index contributed by atoms with van der Waals surface area (Å²) in [5.41, 5.74) is 4.95. The van der Waals surface area contributed by atoms with Gasteiger partial charge in [-0.05, 0) is 67.6 Å². The molecular formula is C27H28N2O3S. The molecule has 3 atom stereocenters. The summed E-state index contributed by atoms with van der Waals surface area (Å²) in [6.45, 7) is 4.42. The number of benzene rings is 3. The molecule has 0 fully saturated rings. The highest BCUT2D eigenvalue weighted by atomic mass is 32.2. The number of hydrogen-bond acceptors (Lipinski definition) is 4. The number of ether oxygens (including phenoxy) is 1. The zero-order chi connectivity index (χ0) is 23.0. The highest BCUT2D eigenvalue weighted by Gasteiger charge is 2.38. The highest BCUT2D eigenvalue weighted by molar-refractivity contribution is 7.92. The van der Waals surface area contributed by atoms with E-state index in [1.54, 1.807) is 24.3 Å². The van der Waals surface area contributed by atoms with Gasteiger partial charge in [0.25, 0.3) is 10.0 Å². The van der Waals surface area contributed by atoms with Crippen LogP contribution in [0.3, 0.4) is 0 Å². The lowest BCUT2D eigenvalue weighted by atomic mass is 9.77. The van der Waals surface area contributed by atoms with Crippen molar-refractivity contribution in [3.8, 4) is 5.75 Å². The van der Waals surface area contributed by atoms with Gasteiger partial charge in [-0.25, -0.2) is 8.42 Å². The summed E-state index contributed by atoms with van der Waals surface area (Å²) < 4.78 is 34.8. The minimum absolute atomic E-state index is 0.179. The van der Waals surface area contributed by atoms with Crippen LogP contribution in [0.5, 0.6) is 5.75 Å². The van der Waals surface area contributed by atoms with Gasteiger partial charge in [-0.3, -0.25) is 4.72 Å². The number of anilines is 2. The predicted molar refractivity (Wildman–Crippen MR) is 132 cm³/mol. The average molecular weight is 461 g/mol. The second-order valence-electron chi connectivity index (χ2n) is 8.67. The van der Waals surface area contributed by atoms with Gasteiger partial charge in [0.05, 0.1) is 23.2 Å². The topological polar surface area (TPSA) is 67.4 Å². The molecule has 1 heterocycles. The third-order valence-corrected chi connectivity index (χ3v) is 7.88. The number of rotatable bonds is 6. The molecule has 0 spiro atoms. The van der Waals surface area contributed by atoms with Crippen LogP contribution in [0.15, 0.2) is 83.8 Å². The summed E-state index contributed by atoms with van der Waals surface area (Å²) in [4.78, 5) is 0.252. The molecule has 0 saturated heterocycles. The number of hydrogen-bond donors (Lipinski definition) is 2. The van der Waals surface area contributed by atoms with Gasteiger partial charge < -0.3 is 10.1 Å². The lowest BCUT2D eigenvalue weighted by Gasteiger charge is -2.37. The lowest BCUT2D eigenvalue weighted by Crippen LogP contribution is -2.29. The van der Waals surface area contributed by atoms with Crippen molar-refractivity contribution in [1.29, 1.82) is 0 Å². The Morgan fingerprint density at radius 3 is 2.64 bits per heavy atom. The summed E-state index contributed by atoms with van der Waals surface area (Å²) in [5.74, 6) is 1.05. The Labute approximate surface area is 195 Å². The summed E-state index contributed by atoms with van der Waals surface area (Å²) in [6, 6.07) is 21.3.